The first kappa shape index (κ1) is 24.2. The van der Waals surface area contributed by atoms with Gasteiger partial charge in [-0.3, -0.25) is 8.65 Å². The van der Waals surface area contributed by atoms with Crippen LogP contribution in [0.3, 0.4) is 0 Å². The molecule has 0 saturated heterocycles. The van der Waals surface area contributed by atoms with Crippen LogP contribution in [0.15, 0.2) is 24.4 Å². The molecule has 1 aliphatic rings. The molecule has 5 rings (SSSR count). The monoisotopic (exact) mass is 628 g/mol. The van der Waals surface area contributed by atoms with E-state index >= 15 is 0 Å². The third-order valence-corrected chi connectivity index (χ3v) is 7.85. The Morgan fingerprint density at radius 1 is 1.21 bits per heavy atom. The third-order valence-electron chi connectivity index (χ3n) is 6.18. The molecule has 178 valence electrons. The first-order valence-electron chi connectivity index (χ1n) is 10.9. The van der Waals surface area contributed by atoms with Crippen LogP contribution in [-0.2, 0) is 22.5 Å². The van der Waals surface area contributed by atoms with Gasteiger partial charge in [0.2, 0.25) is 0 Å². The molecule has 0 N–H and O–H groups in total. The Balaban J connectivity index is 1.54. The van der Waals surface area contributed by atoms with Crippen molar-refractivity contribution in [3.8, 4) is 11.4 Å². The molecular weight excluding hydrogens is 606 g/mol. The molecule has 1 aliphatic heterocycles. The molecule has 0 unspecified atom stereocenters. The van der Waals surface area contributed by atoms with Gasteiger partial charge in [-0.15, -0.1) is 0 Å². The summed E-state index contributed by atoms with van der Waals surface area (Å²) >= 11 is 16.6. The summed E-state index contributed by atoms with van der Waals surface area (Å²) in [5.41, 5.74) is 5.97. The standard InChI is InChI=1S/C23H23Cl2IN6OS/c1-12(2)20-19(24)23(30(4)29-20)31-9-8-16-15(11-31)21(25)28-22(27-16)14-6-5-7-17-18(14)13(3)10-32(17)34-33-26/h5-7,10,12H,8-9,11H2,1-4H3. The lowest BCUT2D eigenvalue weighted by Gasteiger charge is -2.30. The van der Waals surface area contributed by atoms with Gasteiger partial charge >= 0.3 is 0 Å². The average molecular weight is 629 g/mol. The van der Waals surface area contributed by atoms with Crippen LogP contribution < -0.4 is 4.90 Å². The number of halogens is 3. The summed E-state index contributed by atoms with van der Waals surface area (Å²) in [6.45, 7) is 7.64. The van der Waals surface area contributed by atoms with Crippen LogP contribution in [-0.4, -0.2) is 30.3 Å². The Morgan fingerprint density at radius 3 is 2.71 bits per heavy atom. The molecule has 7 nitrogen and oxygen atoms in total. The van der Waals surface area contributed by atoms with Gasteiger partial charge in [-0.25, -0.2) is 12.5 Å². The Hall–Kier alpha value is -1.53. The molecular formula is C23H23Cl2IN6OS. The van der Waals surface area contributed by atoms with Crippen LogP contribution in [0.25, 0.3) is 22.3 Å². The number of hydrogen-bond acceptors (Lipinski definition) is 6. The predicted molar refractivity (Wildman–Crippen MR) is 148 cm³/mol. The fraction of sp³-hybridized carbons (Fsp3) is 0.348. The summed E-state index contributed by atoms with van der Waals surface area (Å²) < 4.78 is 9.10. The summed E-state index contributed by atoms with van der Waals surface area (Å²) in [6, 6.07) is 6.12. The molecule has 3 aromatic heterocycles. The topological polar surface area (TPSA) is 61.0 Å². The minimum Gasteiger partial charge on any atom is -0.351 e. The number of hydrogen-bond donors (Lipinski definition) is 0. The molecule has 0 fully saturated rings. The highest BCUT2D eigenvalue weighted by molar-refractivity contribution is 14.1. The first-order chi connectivity index (χ1) is 16.3. The summed E-state index contributed by atoms with van der Waals surface area (Å²) in [4.78, 5) is 11.9. The molecule has 0 saturated carbocycles. The van der Waals surface area contributed by atoms with E-state index in [4.69, 9.17) is 35.7 Å². The van der Waals surface area contributed by atoms with E-state index in [2.05, 4.69) is 43.0 Å². The van der Waals surface area contributed by atoms with Crippen LogP contribution in [0, 0.1) is 6.92 Å². The van der Waals surface area contributed by atoms with Gasteiger partial charge in [0.25, 0.3) is 0 Å². The second-order valence-electron chi connectivity index (χ2n) is 8.71. The second-order valence-corrected chi connectivity index (χ2v) is 11.2. The highest BCUT2D eigenvalue weighted by atomic mass is 127. The molecule has 0 atom stereocenters. The Bertz CT molecular complexity index is 1400. The maximum absolute atomic E-state index is 6.77. The maximum atomic E-state index is 6.77. The number of fused-ring (bicyclic) bond motifs is 2. The summed E-state index contributed by atoms with van der Waals surface area (Å²) in [7, 11) is 1.93. The number of benzene rings is 1. The van der Waals surface area contributed by atoms with Gasteiger partial charge in [0.1, 0.15) is 51.2 Å². The molecule has 0 radical (unpaired) electrons. The van der Waals surface area contributed by atoms with Crippen molar-refractivity contribution < 1.29 is 2.51 Å². The van der Waals surface area contributed by atoms with Crippen molar-refractivity contribution in [2.45, 2.75) is 39.7 Å². The lowest BCUT2D eigenvalue weighted by molar-refractivity contribution is 0.650. The Morgan fingerprint density at radius 2 is 2.00 bits per heavy atom. The molecule has 1 aromatic carbocycles. The maximum Gasteiger partial charge on any atom is 0.161 e. The molecule has 4 aromatic rings. The van der Waals surface area contributed by atoms with Crippen molar-refractivity contribution in [3.05, 3.63) is 57.1 Å². The van der Waals surface area contributed by atoms with Gasteiger partial charge in [-0.1, -0.05) is 49.2 Å². The highest BCUT2D eigenvalue weighted by Gasteiger charge is 2.28. The van der Waals surface area contributed by atoms with Gasteiger partial charge in [0.05, 0.1) is 16.9 Å². The minimum atomic E-state index is 0.252. The van der Waals surface area contributed by atoms with Gasteiger partial charge in [0.15, 0.2) is 5.82 Å². The first-order valence-corrected chi connectivity index (χ1v) is 13.2. The van der Waals surface area contributed by atoms with Crippen molar-refractivity contribution in [1.82, 2.24) is 23.7 Å². The lowest BCUT2D eigenvalue weighted by atomic mass is 10.0. The molecule has 0 aliphatic carbocycles. The summed E-state index contributed by atoms with van der Waals surface area (Å²) in [6.07, 6.45) is 2.80. The van der Waals surface area contributed by atoms with Crippen molar-refractivity contribution >= 4 is 75.2 Å². The zero-order valence-corrected chi connectivity index (χ0v) is 23.6. The van der Waals surface area contributed by atoms with Crippen LogP contribution >= 0.6 is 58.4 Å². The van der Waals surface area contributed by atoms with E-state index in [1.165, 1.54) is 12.2 Å². The van der Waals surface area contributed by atoms with Crippen LogP contribution in [0.1, 0.15) is 42.3 Å². The number of aromatic nitrogens is 5. The van der Waals surface area contributed by atoms with Gasteiger partial charge < -0.3 is 4.90 Å². The third kappa shape index (κ3) is 4.09. The van der Waals surface area contributed by atoms with E-state index < -0.39 is 0 Å². The van der Waals surface area contributed by atoms with Crippen LogP contribution in [0.4, 0.5) is 5.82 Å². The number of aryl methyl sites for hydroxylation is 2. The van der Waals surface area contributed by atoms with Crippen molar-refractivity contribution in [2.24, 2.45) is 7.05 Å². The SMILES string of the molecule is Cc1cn(SOI)c2cccc(-c3nc(Cl)c4c(n3)CCN(c3c(Cl)c(C(C)C)nn3C)C4)c12. The van der Waals surface area contributed by atoms with E-state index in [-0.39, 0.29) is 5.92 Å². The normalized spacial score (nSPS) is 13.8. The van der Waals surface area contributed by atoms with Crippen LogP contribution in [0.2, 0.25) is 10.2 Å². The second kappa shape index (κ2) is 9.50. The minimum absolute atomic E-state index is 0.252. The van der Waals surface area contributed by atoms with Crippen LogP contribution in [0.5, 0.6) is 0 Å². The Kier molecular flexibility index (Phi) is 6.75. The van der Waals surface area contributed by atoms with Gasteiger partial charge in [0, 0.05) is 49.3 Å². The van der Waals surface area contributed by atoms with E-state index in [9.17, 15) is 0 Å². The summed E-state index contributed by atoms with van der Waals surface area (Å²) in [5.74, 6) is 1.81. The van der Waals surface area contributed by atoms with Gasteiger partial charge in [-0.05, 0) is 24.5 Å². The number of anilines is 1. The lowest BCUT2D eigenvalue weighted by Crippen LogP contribution is -2.33. The molecule has 4 heterocycles. The zero-order chi connectivity index (χ0) is 24.1. The number of nitrogens with zero attached hydrogens (tertiary/aromatic N) is 6. The molecule has 0 spiro atoms. The quantitative estimate of drug-likeness (QED) is 0.136. The zero-order valence-electron chi connectivity index (χ0n) is 19.1. The molecule has 0 bridgehead atoms. The van der Waals surface area contributed by atoms with Gasteiger partial charge in [-0.2, -0.15) is 5.10 Å². The largest absolute Gasteiger partial charge is 0.351 e. The van der Waals surface area contributed by atoms with E-state index in [1.807, 2.05) is 50.8 Å². The Labute approximate surface area is 226 Å². The fourth-order valence-corrected chi connectivity index (χ4v) is 6.38. The molecule has 0 amide bonds. The fourth-order valence-electron chi connectivity index (χ4n) is 4.62. The smallest absolute Gasteiger partial charge is 0.161 e. The number of rotatable bonds is 5. The van der Waals surface area contributed by atoms with Crippen molar-refractivity contribution in [2.75, 3.05) is 11.4 Å². The predicted octanol–water partition coefficient (Wildman–Crippen LogP) is 6.91. The highest BCUT2D eigenvalue weighted by Crippen LogP contribution is 2.38. The van der Waals surface area contributed by atoms with E-state index in [0.29, 0.717) is 22.5 Å². The van der Waals surface area contributed by atoms with Crippen molar-refractivity contribution in [3.63, 3.8) is 0 Å². The molecule has 34 heavy (non-hydrogen) atoms. The average Bonchev–Trinajstić information content (AvgIpc) is 3.29. The molecule has 11 heteroatoms. The van der Waals surface area contributed by atoms with E-state index in [0.717, 1.165) is 57.8 Å². The summed E-state index contributed by atoms with van der Waals surface area (Å²) in [5, 5.41) is 6.91. The van der Waals surface area contributed by atoms with Crippen molar-refractivity contribution in [1.29, 1.82) is 0 Å². The van der Waals surface area contributed by atoms with E-state index in [1.54, 1.807) is 0 Å².